The molecular formula is C24H24FNO5S. The van der Waals surface area contributed by atoms with Crippen LogP contribution in [0, 0.1) is 5.82 Å². The summed E-state index contributed by atoms with van der Waals surface area (Å²) in [7, 11) is -2.53. The number of halogens is 1. The molecule has 0 fully saturated rings. The molecule has 0 saturated heterocycles. The number of carbonyl (C=O) groups excluding carboxylic acids is 1. The van der Waals surface area contributed by atoms with Gasteiger partial charge in [0.15, 0.2) is 0 Å². The van der Waals surface area contributed by atoms with Gasteiger partial charge in [-0.25, -0.2) is 4.39 Å². The maximum atomic E-state index is 13.0. The maximum absolute atomic E-state index is 13.0. The third-order valence-corrected chi connectivity index (χ3v) is 6.05. The molecule has 0 aliphatic rings. The van der Waals surface area contributed by atoms with E-state index in [2.05, 4.69) is 0 Å². The lowest BCUT2D eigenvalue weighted by molar-refractivity contribution is 0.0690. The van der Waals surface area contributed by atoms with E-state index in [-0.39, 0.29) is 22.6 Å². The van der Waals surface area contributed by atoms with E-state index in [4.69, 9.17) is 8.92 Å². The van der Waals surface area contributed by atoms with Gasteiger partial charge in [0.2, 0.25) is 0 Å². The topological polar surface area (TPSA) is 72.9 Å². The van der Waals surface area contributed by atoms with Crippen LogP contribution >= 0.6 is 0 Å². The van der Waals surface area contributed by atoms with Gasteiger partial charge in [-0.15, -0.1) is 0 Å². The Morgan fingerprint density at radius 3 is 2.22 bits per heavy atom. The Balaban J connectivity index is 1.74. The second-order valence-electron chi connectivity index (χ2n) is 7.39. The fourth-order valence-electron chi connectivity index (χ4n) is 3.03. The fourth-order valence-corrected chi connectivity index (χ4v) is 3.96. The molecule has 0 bridgehead atoms. The van der Waals surface area contributed by atoms with Crippen LogP contribution in [0.3, 0.4) is 0 Å². The maximum Gasteiger partial charge on any atom is 0.339 e. The van der Waals surface area contributed by atoms with Crippen molar-refractivity contribution >= 4 is 16.0 Å². The first-order chi connectivity index (χ1) is 15.2. The molecule has 0 aliphatic heterocycles. The zero-order chi connectivity index (χ0) is 23.3. The van der Waals surface area contributed by atoms with Crippen molar-refractivity contribution in [2.24, 2.45) is 0 Å². The summed E-state index contributed by atoms with van der Waals surface area (Å²) >= 11 is 0. The van der Waals surface area contributed by atoms with Crippen LogP contribution in [0.5, 0.6) is 11.5 Å². The highest BCUT2D eigenvalue weighted by Gasteiger charge is 2.20. The summed E-state index contributed by atoms with van der Waals surface area (Å²) in [6, 6.07) is 17.7. The molecule has 0 radical (unpaired) electrons. The Kier molecular flexibility index (Phi) is 7.15. The van der Waals surface area contributed by atoms with Crippen molar-refractivity contribution in [2.75, 3.05) is 7.11 Å². The average Bonchev–Trinajstić information content (AvgIpc) is 2.78. The number of carbonyl (C=O) groups is 1. The molecule has 0 N–H and O–H groups in total. The SMILES string of the molecule is COc1cccc(C(=O)N(Cc2ccc(OS(=O)(=O)c3ccc(F)cc3)cc2)C(C)C)c1. The molecule has 32 heavy (non-hydrogen) atoms. The zero-order valence-electron chi connectivity index (χ0n) is 18.0. The van der Waals surface area contributed by atoms with Gasteiger partial charge in [-0.05, 0) is 74.0 Å². The van der Waals surface area contributed by atoms with E-state index < -0.39 is 15.9 Å². The molecule has 0 saturated carbocycles. The lowest BCUT2D eigenvalue weighted by Gasteiger charge is -2.27. The molecule has 0 unspecified atom stereocenters. The molecule has 3 aromatic rings. The molecule has 0 aromatic heterocycles. The van der Waals surface area contributed by atoms with Gasteiger partial charge < -0.3 is 13.8 Å². The first-order valence-corrected chi connectivity index (χ1v) is 11.3. The molecule has 0 spiro atoms. The molecule has 3 aromatic carbocycles. The summed E-state index contributed by atoms with van der Waals surface area (Å²) in [6.07, 6.45) is 0. The van der Waals surface area contributed by atoms with Crippen molar-refractivity contribution < 1.29 is 26.5 Å². The van der Waals surface area contributed by atoms with Crippen molar-refractivity contribution in [1.82, 2.24) is 4.90 Å². The number of nitrogens with zero attached hydrogens (tertiary/aromatic N) is 1. The van der Waals surface area contributed by atoms with E-state index >= 15 is 0 Å². The van der Waals surface area contributed by atoms with Crippen LogP contribution in [0.25, 0.3) is 0 Å². The Bertz CT molecular complexity index is 1180. The van der Waals surface area contributed by atoms with E-state index in [1.165, 1.54) is 12.1 Å². The fraction of sp³-hybridized carbons (Fsp3) is 0.208. The normalized spacial score (nSPS) is 11.3. The van der Waals surface area contributed by atoms with E-state index in [1.807, 2.05) is 13.8 Å². The van der Waals surface area contributed by atoms with E-state index in [0.29, 0.717) is 17.9 Å². The van der Waals surface area contributed by atoms with Crippen LogP contribution in [-0.4, -0.2) is 32.4 Å². The smallest absolute Gasteiger partial charge is 0.339 e. The summed E-state index contributed by atoms with van der Waals surface area (Å²) in [5.74, 6) is 0.0429. The highest BCUT2D eigenvalue weighted by Crippen LogP contribution is 2.22. The average molecular weight is 458 g/mol. The number of amides is 1. The third-order valence-electron chi connectivity index (χ3n) is 4.79. The van der Waals surface area contributed by atoms with Crippen molar-refractivity contribution in [3.8, 4) is 11.5 Å². The van der Waals surface area contributed by atoms with Crippen molar-refractivity contribution in [3.63, 3.8) is 0 Å². The molecule has 0 heterocycles. The number of hydrogen-bond acceptors (Lipinski definition) is 5. The number of ether oxygens (including phenoxy) is 1. The summed E-state index contributed by atoms with van der Waals surface area (Å²) in [4.78, 5) is 14.6. The predicted octanol–water partition coefficient (Wildman–Crippen LogP) is 4.65. The lowest BCUT2D eigenvalue weighted by atomic mass is 10.1. The molecule has 6 nitrogen and oxygen atoms in total. The Hall–Kier alpha value is -3.39. The number of hydrogen-bond donors (Lipinski definition) is 0. The molecule has 0 aliphatic carbocycles. The van der Waals surface area contributed by atoms with E-state index in [0.717, 1.165) is 29.8 Å². The summed E-state index contributed by atoms with van der Waals surface area (Å²) in [5, 5.41) is 0. The monoisotopic (exact) mass is 457 g/mol. The molecule has 168 valence electrons. The lowest BCUT2D eigenvalue weighted by Crippen LogP contribution is -2.36. The molecular weight excluding hydrogens is 433 g/mol. The Morgan fingerprint density at radius 1 is 0.969 bits per heavy atom. The largest absolute Gasteiger partial charge is 0.497 e. The number of benzene rings is 3. The summed E-state index contributed by atoms with van der Waals surface area (Å²) in [6.45, 7) is 4.17. The van der Waals surface area contributed by atoms with Gasteiger partial charge in [-0.2, -0.15) is 8.42 Å². The molecule has 3 rings (SSSR count). The molecule has 8 heteroatoms. The second kappa shape index (κ2) is 9.82. The van der Waals surface area contributed by atoms with E-state index in [9.17, 15) is 17.6 Å². The van der Waals surface area contributed by atoms with Crippen LogP contribution in [0.1, 0.15) is 29.8 Å². The van der Waals surface area contributed by atoms with E-state index in [1.54, 1.807) is 48.4 Å². The van der Waals surface area contributed by atoms with Crippen LogP contribution in [0.4, 0.5) is 4.39 Å². The minimum atomic E-state index is -4.08. The second-order valence-corrected chi connectivity index (χ2v) is 8.94. The van der Waals surface area contributed by atoms with Crippen molar-refractivity contribution in [1.29, 1.82) is 0 Å². The van der Waals surface area contributed by atoms with Gasteiger partial charge in [-0.1, -0.05) is 18.2 Å². The minimum absolute atomic E-state index is 0.0662. The van der Waals surface area contributed by atoms with Crippen LogP contribution < -0.4 is 8.92 Å². The highest BCUT2D eigenvalue weighted by molar-refractivity contribution is 7.87. The van der Waals surface area contributed by atoms with Crippen LogP contribution in [0.2, 0.25) is 0 Å². The van der Waals surface area contributed by atoms with Crippen LogP contribution in [0.15, 0.2) is 77.7 Å². The van der Waals surface area contributed by atoms with Crippen LogP contribution in [-0.2, 0) is 16.7 Å². The van der Waals surface area contributed by atoms with Gasteiger partial charge in [0, 0.05) is 18.2 Å². The van der Waals surface area contributed by atoms with Crippen molar-refractivity contribution in [3.05, 3.63) is 89.7 Å². The number of rotatable bonds is 8. The van der Waals surface area contributed by atoms with Gasteiger partial charge in [0.1, 0.15) is 22.2 Å². The summed E-state index contributed by atoms with van der Waals surface area (Å²) < 4.78 is 48.1. The predicted molar refractivity (Wildman–Crippen MR) is 119 cm³/mol. The Labute approximate surface area is 187 Å². The molecule has 0 atom stereocenters. The highest BCUT2D eigenvalue weighted by atomic mass is 32.2. The van der Waals surface area contributed by atoms with Crippen molar-refractivity contribution in [2.45, 2.75) is 31.3 Å². The first kappa shape index (κ1) is 23.3. The zero-order valence-corrected chi connectivity index (χ0v) is 18.8. The summed E-state index contributed by atoms with van der Waals surface area (Å²) in [5.41, 5.74) is 1.32. The standard InChI is InChI=1S/C24H24FNO5S/c1-17(2)26(24(27)19-5-4-6-22(15-19)30-3)16-18-7-11-21(12-8-18)31-32(28,29)23-13-9-20(25)10-14-23/h4-15,17H,16H2,1-3H3. The van der Waals surface area contributed by atoms with Gasteiger partial charge in [0.05, 0.1) is 7.11 Å². The minimum Gasteiger partial charge on any atom is -0.497 e. The third kappa shape index (κ3) is 5.64. The molecule has 1 amide bonds. The van der Waals surface area contributed by atoms with Gasteiger partial charge in [0.25, 0.3) is 5.91 Å². The van der Waals surface area contributed by atoms with Gasteiger partial charge >= 0.3 is 10.1 Å². The van der Waals surface area contributed by atoms with Gasteiger partial charge in [-0.3, -0.25) is 4.79 Å². The quantitative estimate of drug-likeness (QED) is 0.460. The first-order valence-electron chi connectivity index (χ1n) is 9.93. The Morgan fingerprint density at radius 2 is 1.62 bits per heavy atom. The number of methoxy groups -OCH3 is 1.